The fourth-order valence-corrected chi connectivity index (χ4v) is 3.75. The molecule has 4 nitrogen and oxygen atoms in total. The van der Waals surface area contributed by atoms with Gasteiger partial charge >= 0.3 is 0 Å². The highest BCUT2D eigenvalue weighted by Gasteiger charge is 2.21. The monoisotopic (exact) mass is 386 g/mol. The number of halogens is 2. The number of anilines is 1. The molecule has 1 fully saturated rings. The highest BCUT2D eigenvalue weighted by Crippen LogP contribution is 2.22. The van der Waals surface area contributed by atoms with Crippen LogP contribution in [0, 0.1) is 0 Å². The van der Waals surface area contributed by atoms with Crippen LogP contribution in [0.1, 0.15) is 5.56 Å². The summed E-state index contributed by atoms with van der Waals surface area (Å²) in [5, 5.41) is 1.53. The fourth-order valence-electron chi connectivity index (χ4n) is 3.36. The summed E-state index contributed by atoms with van der Waals surface area (Å²) in [5.74, 6) is 0.967. The predicted octanol–water partition coefficient (Wildman–Crippen LogP) is 4.50. The quantitative estimate of drug-likeness (QED) is 0.659. The van der Waals surface area contributed by atoms with Gasteiger partial charge in [-0.05, 0) is 35.9 Å². The molecule has 3 aromatic rings. The third-order valence-electron chi connectivity index (χ3n) is 4.66. The van der Waals surface area contributed by atoms with Crippen LogP contribution in [0.15, 0.2) is 60.9 Å². The van der Waals surface area contributed by atoms with Crippen LogP contribution in [0.2, 0.25) is 10.0 Å². The zero-order valence-electron chi connectivity index (χ0n) is 14.4. The number of rotatable bonds is 4. The van der Waals surface area contributed by atoms with Crippen LogP contribution in [-0.2, 0) is 6.54 Å². The van der Waals surface area contributed by atoms with Gasteiger partial charge in [0.2, 0.25) is 5.95 Å². The summed E-state index contributed by atoms with van der Waals surface area (Å²) in [5.41, 5.74) is 2.29. The van der Waals surface area contributed by atoms with Gasteiger partial charge in [0.1, 0.15) is 0 Å². The van der Waals surface area contributed by atoms with Crippen molar-refractivity contribution in [2.24, 2.45) is 0 Å². The van der Waals surface area contributed by atoms with E-state index < -0.39 is 0 Å². The number of nitrogens with zero attached hydrogens (tertiary/aromatic N) is 4. The van der Waals surface area contributed by atoms with Crippen molar-refractivity contribution >= 4 is 29.2 Å². The molecule has 1 aromatic heterocycles. The Morgan fingerprint density at radius 2 is 1.62 bits per heavy atom. The van der Waals surface area contributed by atoms with E-state index in [9.17, 15) is 0 Å². The molecular weight excluding hydrogens is 367 g/mol. The van der Waals surface area contributed by atoms with Gasteiger partial charge in [-0.25, -0.2) is 4.98 Å². The van der Waals surface area contributed by atoms with Gasteiger partial charge in [0.05, 0.1) is 0 Å². The summed E-state index contributed by atoms with van der Waals surface area (Å²) in [7, 11) is 0. The fraction of sp³-hybridized carbons (Fsp3) is 0.250. The largest absolute Gasteiger partial charge is 0.339 e. The van der Waals surface area contributed by atoms with E-state index >= 15 is 0 Å². The predicted molar refractivity (Wildman–Crippen MR) is 108 cm³/mol. The molecule has 4 rings (SSSR count). The Bertz CT molecular complexity index is 885. The summed E-state index contributed by atoms with van der Waals surface area (Å²) in [6.07, 6.45) is 3.83. The van der Waals surface area contributed by atoms with Crippen molar-refractivity contribution in [2.75, 3.05) is 31.1 Å². The van der Waals surface area contributed by atoms with E-state index in [1.807, 2.05) is 54.9 Å². The van der Waals surface area contributed by atoms with Gasteiger partial charge in [0, 0.05) is 60.9 Å². The molecule has 0 spiro atoms. The molecule has 0 atom stereocenters. The van der Waals surface area contributed by atoms with E-state index in [2.05, 4.69) is 25.4 Å². The SMILES string of the molecule is Clc1cccc(CN2CCN(c3nccn3-c3cccc(Cl)c3)CC2)c1. The van der Waals surface area contributed by atoms with Crippen LogP contribution in [-0.4, -0.2) is 40.6 Å². The molecule has 2 aromatic carbocycles. The highest BCUT2D eigenvalue weighted by atomic mass is 35.5. The van der Waals surface area contributed by atoms with Gasteiger partial charge in [0.25, 0.3) is 0 Å². The van der Waals surface area contributed by atoms with Crippen LogP contribution in [0.25, 0.3) is 5.69 Å². The highest BCUT2D eigenvalue weighted by molar-refractivity contribution is 6.31. The molecule has 1 saturated heterocycles. The average Bonchev–Trinajstić information content (AvgIpc) is 3.12. The maximum absolute atomic E-state index is 6.14. The lowest BCUT2D eigenvalue weighted by Gasteiger charge is -2.35. The minimum absolute atomic E-state index is 0.730. The molecule has 0 bridgehead atoms. The number of benzene rings is 2. The average molecular weight is 387 g/mol. The van der Waals surface area contributed by atoms with Crippen molar-refractivity contribution in [3.8, 4) is 5.69 Å². The molecule has 6 heteroatoms. The lowest BCUT2D eigenvalue weighted by Crippen LogP contribution is -2.46. The van der Waals surface area contributed by atoms with E-state index in [4.69, 9.17) is 23.2 Å². The summed E-state index contributed by atoms with van der Waals surface area (Å²) >= 11 is 12.2. The first kappa shape index (κ1) is 17.4. The molecular formula is C20H20Cl2N4. The molecule has 1 aliphatic rings. The molecule has 0 unspecified atom stereocenters. The molecule has 0 N–H and O–H groups in total. The number of aromatic nitrogens is 2. The Balaban J connectivity index is 1.43. The van der Waals surface area contributed by atoms with Gasteiger partial charge in [-0.3, -0.25) is 9.47 Å². The molecule has 1 aliphatic heterocycles. The van der Waals surface area contributed by atoms with Gasteiger partial charge < -0.3 is 4.90 Å². The third-order valence-corrected chi connectivity index (χ3v) is 5.13. The van der Waals surface area contributed by atoms with E-state index in [-0.39, 0.29) is 0 Å². The third kappa shape index (κ3) is 3.88. The molecule has 134 valence electrons. The standard InChI is InChI=1S/C20H20Cl2N4/c21-17-4-1-3-16(13-17)15-24-9-11-25(12-10-24)20-23-7-8-26(20)19-6-2-5-18(22)14-19/h1-8,13-14H,9-12,15H2. The molecule has 0 amide bonds. The maximum Gasteiger partial charge on any atom is 0.210 e. The van der Waals surface area contributed by atoms with E-state index in [0.717, 1.165) is 54.4 Å². The summed E-state index contributed by atoms with van der Waals surface area (Å²) in [6.45, 7) is 4.80. The molecule has 0 aliphatic carbocycles. The lowest BCUT2D eigenvalue weighted by molar-refractivity contribution is 0.248. The summed E-state index contributed by atoms with van der Waals surface area (Å²) < 4.78 is 2.10. The minimum atomic E-state index is 0.730. The lowest BCUT2D eigenvalue weighted by atomic mass is 10.2. The smallest absolute Gasteiger partial charge is 0.210 e. The van der Waals surface area contributed by atoms with Gasteiger partial charge in [-0.1, -0.05) is 41.4 Å². The number of piperazine rings is 1. The summed E-state index contributed by atoms with van der Waals surface area (Å²) in [6, 6.07) is 16.0. The van der Waals surface area contributed by atoms with Gasteiger partial charge in [-0.2, -0.15) is 0 Å². The first-order valence-electron chi connectivity index (χ1n) is 8.70. The second kappa shape index (κ2) is 7.70. The summed E-state index contributed by atoms with van der Waals surface area (Å²) in [4.78, 5) is 9.36. The molecule has 2 heterocycles. The Hall–Kier alpha value is -2.01. The zero-order chi connectivity index (χ0) is 17.9. The van der Waals surface area contributed by atoms with Crippen molar-refractivity contribution < 1.29 is 0 Å². The normalized spacial score (nSPS) is 15.4. The van der Waals surface area contributed by atoms with Gasteiger partial charge in [-0.15, -0.1) is 0 Å². The van der Waals surface area contributed by atoms with Crippen LogP contribution in [0.4, 0.5) is 5.95 Å². The Morgan fingerprint density at radius 3 is 2.35 bits per heavy atom. The molecule has 26 heavy (non-hydrogen) atoms. The first-order chi connectivity index (χ1) is 12.7. The van der Waals surface area contributed by atoms with Gasteiger partial charge in [0.15, 0.2) is 0 Å². The van der Waals surface area contributed by atoms with E-state index in [1.165, 1.54) is 5.56 Å². The Kier molecular flexibility index (Phi) is 5.16. The molecule has 0 radical (unpaired) electrons. The number of hydrogen-bond donors (Lipinski definition) is 0. The Morgan fingerprint density at radius 1 is 0.885 bits per heavy atom. The van der Waals surface area contributed by atoms with Crippen molar-refractivity contribution in [2.45, 2.75) is 6.54 Å². The van der Waals surface area contributed by atoms with Crippen molar-refractivity contribution in [1.82, 2.24) is 14.5 Å². The number of hydrogen-bond acceptors (Lipinski definition) is 3. The minimum Gasteiger partial charge on any atom is -0.339 e. The van der Waals surface area contributed by atoms with Crippen LogP contribution >= 0.6 is 23.2 Å². The van der Waals surface area contributed by atoms with Crippen LogP contribution < -0.4 is 4.90 Å². The van der Waals surface area contributed by atoms with E-state index in [0.29, 0.717) is 0 Å². The topological polar surface area (TPSA) is 24.3 Å². The van der Waals surface area contributed by atoms with Crippen molar-refractivity contribution in [1.29, 1.82) is 0 Å². The van der Waals surface area contributed by atoms with Crippen molar-refractivity contribution in [3.63, 3.8) is 0 Å². The number of imidazole rings is 1. The maximum atomic E-state index is 6.14. The Labute approximate surface area is 163 Å². The first-order valence-corrected chi connectivity index (χ1v) is 9.46. The second-order valence-electron chi connectivity index (χ2n) is 6.47. The molecule has 0 saturated carbocycles. The van der Waals surface area contributed by atoms with Crippen LogP contribution in [0.5, 0.6) is 0 Å². The zero-order valence-corrected chi connectivity index (χ0v) is 15.9. The second-order valence-corrected chi connectivity index (χ2v) is 7.34. The van der Waals surface area contributed by atoms with Crippen LogP contribution in [0.3, 0.4) is 0 Å². The van der Waals surface area contributed by atoms with E-state index in [1.54, 1.807) is 0 Å². The van der Waals surface area contributed by atoms with Crippen molar-refractivity contribution in [3.05, 3.63) is 76.5 Å².